The summed E-state index contributed by atoms with van der Waals surface area (Å²) in [5, 5.41) is 9.67. The van der Waals surface area contributed by atoms with Crippen molar-refractivity contribution in [2.75, 3.05) is 6.54 Å². The van der Waals surface area contributed by atoms with Crippen LogP contribution in [0, 0.1) is 0 Å². The van der Waals surface area contributed by atoms with Gasteiger partial charge in [-0.15, -0.1) is 0 Å². The van der Waals surface area contributed by atoms with Crippen LogP contribution in [0.5, 0.6) is 0 Å². The van der Waals surface area contributed by atoms with E-state index in [2.05, 4.69) is 12.1 Å². The summed E-state index contributed by atoms with van der Waals surface area (Å²) in [4.78, 5) is 14.6. The number of aryl methyl sites for hydroxylation is 1. The summed E-state index contributed by atoms with van der Waals surface area (Å²) in [6.07, 6.45) is 6.22. The lowest BCUT2D eigenvalue weighted by Crippen LogP contribution is -2.41. The zero-order valence-electron chi connectivity index (χ0n) is 13.0. The van der Waals surface area contributed by atoms with Crippen molar-refractivity contribution in [3.8, 4) is 0 Å². The molecule has 1 N–H and O–H groups in total. The molecule has 2 unspecified atom stereocenters. The van der Waals surface area contributed by atoms with Gasteiger partial charge < -0.3 is 10.0 Å². The normalized spacial score (nSPS) is 20.9. The molecule has 3 nitrogen and oxygen atoms in total. The first kappa shape index (κ1) is 16.0. The van der Waals surface area contributed by atoms with Crippen LogP contribution in [0.4, 0.5) is 0 Å². The molecule has 0 saturated carbocycles. The second-order valence-corrected chi connectivity index (χ2v) is 6.16. The van der Waals surface area contributed by atoms with Crippen LogP contribution in [0.2, 0.25) is 0 Å². The Kier molecular flexibility index (Phi) is 6.24. The molecule has 1 aromatic carbocycles. The maximum absolute atomic E-state index is 12.6. The molecule has 116 valence electrons. The van der Waals surface area contributed by atoms with Gasteiger partial charge in [-0.05, 0) is 38.2 Å². The lowest BCUT2D eigenvalue weighted by atomic mass is 10.0. The van der Waals surface area contributed by atoms with Crippen LogP contribution >= 0.6 is 0 Å². The molecule has 1 aromatic rings. The highest BCUT2D eigenvalue weighted by Gasteiger charge is 2.25. The van der Waals surface area contributed by atoms with Crippen molar-refractivity contribution in [1.82, 2.24) is 4.90 Å². The van der Waals surface area contributed by atoms with Gasteiger partial charge in [0.2, 0.25) is 5.91 Å². The lowest BCUT2D eigenvalue weighted by Gasteiger charge is -2.31. The van der Waals surface area contributed by atoms with Gasteiger partial charge in [0, 0.05) is 19.0 Å². The van der Waals surface area contributed by atoms with Gasteiger partial charge in [0.25, 0.3) is 0 Å². The van der Waals surface area contributed by atoms with Gasteiger partial charge in [-0.25, -0.2) is 0 Å². The third-order valence-electron chi connectivity index (χ3n) is 4.28. The quantitative estimate of drug-likeness (QED) is 0.904. The van der Waals surface area contributed by atoms with Crippen LogP contribution in [-0.4, -0.2) is 34.6 Å². The van der Waals surface area contributed by atoms with Crippen molar-refractivity contribution in [3.63, 3.8) is 0 Å². The molecule has 1 aliphatic rings. The number of aliphatic hydroxyl groups is 1. The Morgan fingerprint density at radius 1 is 1.29 bits per heavy atom. The second kappa shape index (κ2) is 8.18. The van der Waals surface area contributed by atoms with Crippen LogP contribution in [0.25, 0.3) is 0 Å². The molecule has 2 rings (SSSR count). The van der Waals surface area contributed by atoms with Crippen molar-refractivity contribution < 1.29 is 9.90 Å². The van der Waals surface area contributed by atoms with Gasteiger partial charge in [0.05, 0.1) is 6.10 Å². The van der Waals surface area contributed by atoms with Crippen LogP contribution in [-0.2, 0) is 11.2 Å². The molecule has 1 aliphatic heterocycles. The monoisotopic (exact) mass is 289 g/mol. The smallest absolute Gasteiger partial charge is 0.223 e. The van der Waals surface area contributed by atoms with E-state index in [-0.39, 0.29) is 18.1 Å². The van der Waals surface area contributed by atoms with Gasteiger partial charge in [0.15, 0.2) is 0 Å². The zero-order chi connectivity index (χ0) is 15.1. The van der Waals surface area contributed by atoms with Crippen molar-refractivity contribution in [2.45, 2.75) is 64.0 Å². The fourth-order valence-electron chi connectivity index (χ4n) is 3.18. The number of aliphatic hydroxyl groups excluding tert-OH is 1. The van der Waals surface area contributed by atoms with Crippen LogP contribution < -0.4 is 0 Å². The molecule has 0 radical (unpaired) electrons. The van der Waals surface area contributed by atoms with Crippen molar-refractivity contribution in [2.24, 2.45) is 0 Å². The maximum atomic E-state index is 12.6. The minimum atomic E-state index is -0.336. The molecule has 1 heterocycles. The molecule has 1 saturated heterocycles. The first-order chi connectivity index (χ1) is 10.2. The minimum absolute atomic E-state index is 0.218. The number of carbonyl (C=O) groups is 1. The van der Waals surface area contributed by atoms with E-state index in [0.717, 1.165) is 25.8 Å². The summed E-state index contributed by atoms with van der Waals surface area (Å²) in [5.74, 6) is 0.242. The Bertz CT molecular complexity index is 430. The zero-order valence-corrected chi connectivity index (χ0v) is 13.0. The van der Waals surface area contributed by atoms with Crippen molar-refractivity contribution in [1.29, 1.82) is 0 Å². The van der Waals surface area contributed by atoms with Crippen molar-refractivity contribution in [3.05, 3.63) is 35.9 Å². The summed E-state index contributed by atoms with van der Waals surface area (Å²) in [6, 6.07) is 10.4. The molecule has 2 atom stereocenters. The fourth-order valence-corrected chi connectivity index (χ4v) is 3.18. The van der Waals surface area contributed by atoms with Gasteiger partial charge in [0.1, 0.15) is 0 Å². The Hall–Kier alpha value is -1.35. The average Bonchev–Trinajstić information content (AvgIpc) is 2.71. The summed E-state index contributed by atoms with van der Waals surface area (Å²) < 4.78 is 0. The van der Waals surface area contributed by atoms with Crippen molar-refractivity contribution >= 4 is 5.91 Å². The van der Waals surface area contributed by atoms with E-state index in [9.17, 15) is 9.90 Å². The van der Waals surface area contributed by atoms with E-state index in [1.54, 1.807) is 0 Å². The third kappa shape index (κ3) is 5.16. The number of amides is 1. The Morgan fingerprint density at radius 2 is 2.05 bits per heavy atom. The summed E-state index contributed by atoms with van der Waals surface area (Å²) in [5.41, 5.74) is 1.22. The second-order valence-electron chi connectivity index (χ2n) is 6.16. The predicted octanol–water partition coefficient (Wildman–Crippen LogP) is 3.16. The van der Waals surface area contributed by atoms with Gasteiger partial charge in [-0.2, -0.15) is 0 Å². The number of carbonyl (C=O) groups excluding carboxylic acids is 1. The summed E-state index contributed by atoms with van der Waals surface area (Å²) >= 11 is 0. The lowest BCUT2D eigenvalue weighted by molar-refractivity contribution is -0.134. The Morgan fingerprint density at radius 3 is 2.76 bits per heavy atom. The van der Waals surface area contributed by atoms with E-state index in [1.165, 1.54) is 18.4 Å². The molecule has 0 aromatic heterocycles. The molecule has 0 bridgehead atoms. The van der Waals surface area contributed by atoms with Crippen LogP contribution in [0.1, 0.15) is 51.0 Å². The number of likely N-dealkylation sites (tertiary alicyclic amines) is 1. The number of nitrogens with zero attached hydrogens (tertiary/aromatic N) is 1. The van der Waals surface area contributed by atoms with E-state index < -0.39 is 0 Å². The molecule has 0 aliphatic carbocycles. The maximum Gasteiger partial charge on any atom is 0.223 e. The van der Waals surface area contributed by atoms with E-state index in [0.29, 0.717) is 12.8 Å². The highest BCUT2D eigenvalue weighted by atomic mass is 16.3. The topological polar surface area (TPSA) is 40.5 Å². The van der Waals surface area contributed by atoms with Crippen LogP contribution in [0.3, 0.4) is 0 Å². The fraction of sp³-hybridized carbons (Fsp3) is 0.611. The van der Waals surface area contributed by atoms with Gasteiger partial charge >= 0.3 is 0 Å². The van der Waals surface area contributed by atoms with Gasteiger partial charge in [-0.1, -0.05) is 43.2 Å². The number of hydrogen-bond donors (Lipinski definition) is 1. The third-order valence-corrected chi connectivity index (χ3v) is 4.28. The molecule has 0 spiro atoms. The van der Waals surface area contributed by atoms with Gasteiger partial charge in [-0.3, -0.25) is 4.79 Å². The highest BCUT2D eigenvalue weighted by molar-refractivity contribution is 5.76. The standard InChI is InChI=1S/C18H27NO2/c1-15(20)14-17-10-6-3-7-13-19(17)18(21)12-11-16-8-4-2-5-9-16/h2,4-5,8-9,15,17,20H,3,6-7,10-14H2,1H3. The van der Waals surface area contributed by atoms with E-state index >= 15 is 0 Å². The SMILES string of the molecule is CC(O)CC1CCCCCN1C(=O)CCc1ccccc1. The highest BCUT2D eigenvalue weighted by Crippen LogP contribution is 2.21. The van der Waals surface area contributed by atoms with Crippen LogP contribution in [0.15, 0.2) is 30.3 Å². The molecule has 3 heteroatoms. The number of rotatable bonds is 5. The molecule has 1 amide bonds. The molecular weight excluding hydrogens is 262 g/mol. The Labute approximate surface area is 128 Å². The molecular formula is C18H27NO2. The first-order valence-electron chi connectivity index (χ1n) is 8.18. The summed E-state index contributed by atoms with van der Waals surface area (Å²) in [6.45, 7) is 2.67. The predicted molar refractivity (Wildman–Crippen MR) is 85.0 cm³/mol. The molecule has 1 fully saturated rings. The largest absolute Gasteiger partial charge is 0.393 e. The number of hydrogen-bond acceptors (Lipinski definition) is 2. The Balaban J connectivity index is 1.93. The number of benzene rings is 1. The van der Waals surface area contributed by atoms with E-state index in [4.69, 9.17) is 0 Å². The first-order valence-corrected chi connectivity index (χ1v) is 8.18. The minimum Gasteiger partial charge on any atom is -0.393 e. The molecule has 21 heavy (non-hydrogen) atoms. The summed E-state index contributed by atoms with van der Waals surface area (Å²) in [7, 11) is 0. The van der Waals surface area contributed by atoms with E-state index in [1.807, 2.05) is 30.0 Å². The average molecular weight is 289 g/mol.